The number of halogens is 2. The number of nitrogens with one attached hydrogen (secondary N) is 1. The summed E-state index contributed by atoms with van der Waals surface area (Å²) < 4.78 is 36.1. The van der Waals surface area contributed by atoms with Crippen molar-refractivity contribution in [1.82, 2.24) is 20.3 Å². The molecule has 0 spiro atoms. The van der Waals surface area contributed by atoms with Gasteiger partial charge in [-0.1, -0.05) is 5.21 Å². The molecule has 1 heterocycles. The van der Waals surface area contributed by atoms with Crippen molar-refractivity contribution in [2.24, 2.45) is 0 Å². The maximum Gasteiger partial charge on any atom is 0.361 e. The maximum absolute atomic E-state index is 13.0. The summed E-state index contributed by atoms with van der Waals surface area (Å²) in [7, 11) is 1.46. The molecule has 0 aromatic carbocycles. The molecule has 0 aliphatic carbocycles. The second-order valence-corrected chi connectivity index (χ2v) is 3.84. The molecule has 0 aliphatic heterocycles. The first-order chi connectivity index (χ1) is 10.0. The van der Waals surface area contributed by atoms with Gasteiger partial charge in [0.15, 0.2) is 5.69 Å². The number of rotatable bonds is 8. The van der Waals surface area contributed by atoms with Gasteiger partial charge in [-0.05, 0) is 6.92 Å². The number of hydrogen-bond donors (Lipinski definition) is 1. The number of ether oxygens (including phenoxy) is 2. The van der Waals surface area contributed by atoms with E-state index >= 15 is 0 Å². The smallest absolute Gasteiger partial charge is 0.361 e. The first kappa shape index (κ1) is 17.0. The number of aromatic nitrogens is 3. The largest absolute Gasteiger partial charge is 0.461 e. The lowest BCUT2D eigenvalue weighted by atomic mass is 10.3. The highest BCUT2D eigenvalue weighted by atomic mass is 19.3. The second kappa shape index (κ2) is 8.25. The summed E-state index contributed by atoms with van der Waals surface area (Å²) in [5.41, 5.74) is -1.33. The molecule has 0 unspecified atom stereocenters. The number of amides is 1. The third kappa shape index (κ3) is 4.74. The molecule has 0 saturated carbocycles. The Kier molecular flexibility index (Phi) is 6.66. The van der Waals surface area contributed by atoms with Crippen LogP contribution in [0.15, 0.2) is 0 Å². The zero-order valence-electron chi connectivity index (χ0n) is 11.6. The third-order valence-corrected chi connectivity index (χ3v) is 2.37. The molecule has 1 N–H and O–H groups in total. The summed E-state index contributed by atoms with van der Waals surface area (Å²) in [4.78, 5) is 23.0. The predicted octanol–water partition coefficient (Wildman–Crippen LogP) is 0.155. The van der Waals surface area contributed by atoms with Gasteiger partial charge in [-0.3, -0.25) is 4.79 Å². The molecular weight excluding hydrogens is 290 g/mol. The molecule has 0 aliphatic rings. The second-order valence-electron chi connectivity index (χ2n) is 3.84. The molecule has 1 rings (SSSR count). The van der Waals surface area contributed by atoms with E-state index in [0.29, 0.717) is 11.3 Å². The first-order valence-electron chi connectivity index (χ1n) is 6.15. The van der Waals surface area contributed by atoms with Gasteiger partial charge in [0.1, 0.15) is 12.2 Å². The molecule has 1 aromatic heterocycles. The quantitative estimate of drug-likeness (QED) is 0.543. The first-order valence-corrected chi connectivity index (χ1v) is 6.15. The van der Waals surface area contributed by atoms with Crippen LogP contribution in [0.5, 0.6) is 0 Å². The Labute approximate surface area is 119 Å². The standard InChI is InChI=1S/C11H16F2N4O4/c1-3-21-11(19)8-9(10(12)13)17(16-15-8)6-7(18)14-4-5-20-2/h10H,3-6H2,1-2H3,(H,14,18). The van der Waals surface area contributed by atoms with Crippen molar-refractivity contribution in [2.45, 2.75) is 19.9 Å². The fourth-order valence-electron chi connectivity index (χ4n) is 1.48. The minimum atomic E-state index is -3.01. The van der Waals surface area contributed by atoms with Gasteiger partial charge < -0.3 is 14.8 Å². The summed E-state index contributed by atoms with van der Waals surface area (Å²) in [6.45, 7) is 1.60. The van der Waals surface area contributed by atoms with Gasteiger partial charge >= 0.3 is 5.97 Å². The van der Waals surface area contributed by atoms with E-state index in [2.05, 4.69) is 20.4 Å². The number of nitrogens with zero attached hydrogens (tertiary/aromatic N) is 3. The van der Waals surface area contributed by atoms with Crippen molar-refractivity contribution in [3.8, 4) is 0 Å². The normalized spacial score (nSPS) is 10.7. The number of alkyl halides is 2. The highest BCUT2D eigenvalue weighted by Gasteiger charge is 2.28. The number of carbonyl (C=O) groups excluding carboxylic acids is 2. The summed E-state index contributed by atoms with van der Waals surface area (Å²) in [5.74, 6) is -1.55. The zero-order chi connectivity index (χ0) is 15.8. The van der Waals surface area contributed by atoms with Crippen LogP contribution in [0, 0.1) is 0 Å². The van der Waals surface area contributed by atoms with E-state index in [0.717, 1.165) is 0 Å². The van der Waals surface area contributed by atoms with Crippen molar-refractivity contribution < 1.29 is 27.8 Å². The summed E-state index contributed by atoms with van der Waals surface area (Å²) >= 11 is 0. The lowest BCUT2D eigenvalue weighted by Crippen LogP contribution is -2.31. The Balaban J connectivity index is 2.83. The lowest BCUT2D eigenvalue weighted by molar-refractivity contribution is -0.122. The van der Waals surface area contributed by atoms with Crippen LogP contribution in [-0.4, -0.2) is 53.7 Å². The summed E-state index contributed by atoms with van der Waals surface area (Å²) in [6.07, 6.45) is -3.01. The van der Waals surface area contributed by atoms with Gasteiger partial charge in [-0.15, -0.1) is 5.10 Å². The third-order valence-electron chi connectivity index (χ3n) is 2.37. The highest BCUT2D eigenvalue weighted by molar-refractivity contribution is 5.88. The number of carbonyl (C=O) groups is 2. The molecule has 21 heavy (non-hydrogen) atoms. The van der Waals surface area contributed by atoms with Crippen molar-refractivity contribution in [2.75, 3.05) is 26.9 Å². The van der Waals surface area contributed by atoms with E-state index in [-0.39, 0.29) is 13.2 Å². The van der Waals surface area contributed by atoms with Crippen LogP contribution in [-0.2, 0) is 20.8 Å². The topological polar surface area (TPSA) is 95.3 Å². The van der Waals surface area contributed by atoms with Gasteiger partial charge in [0.05, 0.1) is 13.2 Å². The van der Waals surface area contributed by atoms with Gasteiger partial charge in [-0.2, -0.15) is 0 Å². The molecule has 1 amide bonds. The fraction of sp³-hybridized carbons (Fsp3) is 0.636. The Bertz CT molecular complexity index is 493. The molecule has 118 valence electrons. The van der Waals surface area contributed by atoms with E-state index in [1.165, 1.54) is 14.0 Å². The molecule has 10 heteroatoms. The minimum absolute atomic E-state index is 0.0197. The van der Waals surface area contributed by atoms with Crippen LogP contribution in [0.2, 0.25) is 0 Å². The highest BCUT2D eigenvalue weighted by Crippen LogP contribution is 2.21. The van der Waals surface area contributed by atoms with Crippen LogP contribution < -0.4 is 5.32 Å². The Morgan fingerprint density at radius 3 is 2.71 bits per heavy atom. The zero-order valence-corrected chi connectivity index (χ0v) is 11.6. The van der Waals surface area contributed by atoms with E-state index < -0.39 is 36.2 Å². The van der Waals surface area contributed by atoms with Crippen LogP contribution >= 0.6 is 0 Å². The van der Waals surface area contributed by atoms with Crippen molar-refractivity contribution in [3.05, 3.63) is 11.4 Å². The predicted molar refractivity (Wildman–Crippen MR) is 65.8 cm³/mol. The number of esters is 1. The Morgan fingerprint density at radius 2 is 2.14 bits per heavy atom. The molecule has 0 radical (unpaired) electrons. The molecule has 0 fully saturated rings. The van der Waals surface area contributed by atoms with E-state index in [4.69, 9.17) is 4.74 Å². The molecule has 1 aromatic rings. The molecule has 0 bridgehead atoms. The van der Waals surface area contributed by atoms with Crippen LogP contribution in [0.25, 0.3) is 0 Å². The van der Waals surface area contributed by atoms with Gasteiger partial charge in [0.25, 0.3) is 6.43 Å². The average Bonchev–Trinajstić information content (AvgIpc) is 2.83. The monoisotopic (exact) mass is 306 g/mol. The SMILES string of the molecule is CCOC(=O)c1nnn(CC(=O)NCCOC)c1C(F)F. The molecule has 0 saturated heterocycles. The lowest BCUT2D eigenvalue weighted by Gasteiger charge is -2.07. The Hall–Kier alpha value is -2.10. The average molecular weight is 306 g/mol. The van der Waals surface area contributed by atoms with Gasteiger partial charge in [-0.25, -0.2) is 18.3 Å². The van der Waals surface area contributed by atoms with Crippen molar-refractivity contribution >= 4 is 11.9 Å². The fourth-order valence-corrected chi connectivity index (χ4v) is 1.48. The number of methoxy groups -OCH3 is 1. The molecule has 8 nitrogen and oxygen atoms in total. The molecule has 0 atom stereocenters. The van der Waals surface area contributed by atoms with Gasteiger partial charge in [0.2, 0.25) is 5.91 Å². The van der Waals surface area contributed by atoms with E-state index in [1.54, 1.807) is 0 Å². The minimum Gasteiger partial charge on any atom is -0.461 e. The van der Waals surface area contributed by atoms with E-state index in [9.17, 15) is 18.4 Å². The summed E-state index contributed by atoms with van der Waals surface area (Å²) in [5, 5.41) is 9.21. The van der Waals surface area contributed by atoms with Crippen LogP contribution in [0.4, 0.5) is 8.78 Å². The van der Waals surface area contributed by atoms with Crippen molar-refractivity contribution in [3.63, 3.8) is 0 Å². The van der Waals surface area contributed by atoms with Crippen LogP contribution in [0.3, 0.4) is 0 Å². The molecular formula is C11H16F2N4O4. The van der Waals surface area contributed by atoms with Crippen LogP contribution in [0.1, 0.15) is 29.5 Å². The van der Waals surface area contributed by atoms with Crippen molar-refractivity contribution in [1.29, 1.82) is 0 Å². The van der Waals surface area contributed by atoms with E-state index in [1.807, 2.05) is 0 Å². The Morgan fingerprint density at radius 1 is 1.43 bits per heavy atom. The van der Waals surface area contributed by atoms with Gasteiger partial charge in [0, 0.05) is 13.7 Å². The number of hydrogen-bond acceptors (Lipinski definition) is 6. The maximum atomic E-state index is 13.0. The summed E-state index contributed by atoms with van der Waals surface area (Å²) in [6, 6.07) is 0.